The molecule has 102 valence electrons. The van der Waals surface area contributed by atoms with Gasteiger partial charge < -0.3 is 9.84 Å². The molecule has 2 aliphatic heterocycles. The fourth-order valence-electron chi connectivity index (χ4n) is 4.16. The van der Waals surface area contributed by atoms with Gasteiger partial charge in [-0.2, -0.15) is 0 Å². The summed E-state index contributed by atoms with van der Waals surface area (Å²) < 4.78 is 6.08. The minimum atomic E-state index is -0.618. The van der Waals surface area contributed by atoms with Crippen LogP contribution in [0.2, 0.25) is 0 Å². The lowest BCUT2D eigenvalue weighted by atomic mass is 9.88. The summed E-state index contributed by atoms with van der Waals surface area (Å²) >= 11 is 0. The molecule has 0 amide bonds. The van der Waals surface area contributed by atoms with Crippen LogP contribution in [0.3, 0.4) is 0 Å². The highest BCUT2D eigenvalue weighted by Crippen LogP contribution is 2.44. The number of nitrogens with zero attached hydrogens (tertiary/aromatic N) is 1. The summed E-state index contributed by atoms with van der Waals surface area (Å²) in [6.07, 6.45) is 7.75. The van der Waals surface area contributed by atoms with Gasteiger partial charge in [-0.1, -0.05) is 12.8 Å². The first kappa shape index (κ1) is 12.4. The van der Waals surface area contributed by atoms with E-state index in [9.17, 15) is 4.79 Å². The van der Waals surface area contributed by atoms with Gasteiger partial charge in [-0.25, -0.2) is 0 Å². The maximum absolute atomic E-state index is 11.0. The Balaban J connectivity index is 1.63. The molecule has 3 rings (SSSR count). The molecule has 0 aromatic carbocycles. The molecule has 1 unspecified atom stereocenters. The molecule has 0 radical (unpaired) electrons. The Bertz CT molecular complexity index is 311. The lowest BCUT2D eigenvalue weighted by molar-refractivity contribution is -0.143. The first-order valence-corrected chi connectivity index (χ1v) is 7.32. The van der Waals surface area contributed by atoms with E-state index in [1.807, 2.05) is 0 Å². The summed E-state index contributed by atoms with van der Waals surface area (Å²) in [4.78, 5) is 13.5. The largest absolute Gasteiger partial charge is 0.481 e. The van der Waals surface area contributed by atoms with E-state index in [1.165, 1.54) is 25.7 Å². The smallest absolute Gasteiger partial charge is 0.306 e. The van der Waals surface area contributed by atoms with Gasteiger partial charge in [-0.3, -0.25) is 9.69 Å². The van der Waals surface area contributed by atoms with Crippen molar-refractivity contribution >= 4 is 5.97 Å². The highest BCUT2D eigenvalue weighted by molar-refractivity contribution is 5.70. The van der Waals surface area contributed by atoms with Crippen molar-refractivity contribution in [2.24, 2.45) is 5.92 Å². The van der Waals surface area contributed by atoms with Crippen LogP contribution < -0.4 is 0 Å². The Kier molecular flexibility index (Phi) is 3.32. The van der Waals surface area contributed by atoms with Crippen LogP contribution in [0.5, 0.6) is 0 Å². The normalized spacial score (nSPS) is 33.2. The molecule has 3 aliphatic rings. The third kappa shape index (κ3) is 2.05. The van der Waals surface area contributed by atoms with Crippen molar-refractivity contribution < 1.29 is 14.6 Å². The van der Waals surface area contributed by atoms with Crippen molar-refractivity contribution in [1.82, 2.24) is 4.90 Å². The van der Waals surface area contributed by atoms with Crippen LogP contribution in [-0.2, 0) is 9.53 Å². The number of carboxylic acid groups (broad SMARTS) is 1. The molecule has 4 nitrogen and oxygen atoms in total. The molecule has 2 saturated heterocycles. The van der Waals surface area contributed by atoms with Gasteiger partial charge >= 0.3 is 5.97 Å². The zero-order valence-corrected chi connectivity index (χ0v) is 10.9. The lowest BCUT2D eigenvalue weighted by Crippen LogP contribution is -2.51. The van der Waals surface area contributed by atoms with Gasteiger partial charge in [0.15, 0.2) is 0 Å². The predicted octanol–water partition coefficient (Wildman–Crippen LogP) is 1.88. The Morgan fingerprint density at radius 1 is 1.17 bits per heavy atom. The van der Waals surface area contributed by atoms with Gasteiger partial charge in [-0.05, 0) is 45.2 Å². The van der Waals surface area contributed by atoms with Crippen LogP contribution in [0.25, 0.3) is 0 Å². The molecule has 1 atom stereocenters. The van der Waals surface area contributed by atoms with Crippen LogP contribution in [0.1, 0.15) is 44.9 Å². The highest BCUT2D eigenvalue weighted by Gasteiger charge is 2.49. The molecule has 4 heteroatoms. The number of hydrogen-bond acceptors (Lipinski definition) is 3. The maximum atomic E-state index is 11.0. The van der Waals surface area contributed by atoms with Gasteiger partial charge in [0.1, 0.15) is 0 Å². The van der Waals surface area contributed by atoms with Crippen molar-refractivity contribution in [3.63, 3.8) is 0 Å². The number of carboxylic acids is 1. The second-order valence-electron chi connectivity index (χ2n) is 6.07. The summed E-state index contributed by atoms with van der Waals surface area (Å²) in [6.45, 7) is 2.77. The third-order valence-electron chi connectivity index (χ3n) is 5.16. The molecule has 18 heavy (non-hydrogen) atoms. The standard InChI is InChI=1S/C14H23NO3/c16-13(17)11-3-8-15(9-4-11)12-5-10-18-14(12)6-1-2-7-14/h11-12H,1-10H2,(H,16,17). The minimum Gasteiger partial charge on any atom is -0.481 e. The minimum absolute atomic E-state index is 0.121. The number of likely N-dealkylation sites (tertiary alicyclic amines) is 1. The zero-order valence-electron chi connectivity index (χ0n) is 10.9. The maximum Gasteiger partial charge on any atom is 0.306 e. The van der Waals surface area contributed by atoms with E-state index in [0.29, 0.717) is 6.04 Å². The van der Waals surface area contributed by atoms with Crippen LogP contribution >= 0.6 is 0 Å². The van der Waals surface area contributed by atoms with E-state index in [2.05, 4.69) is 4.90 Å². The average Bonchev–Trinajstić information content (AvgIpc) is 3.01. The van der Waals surface area contributed by atoms with Crippen molar-refractivity contribution in [3.05, 3.63) is 0 Å². The molecular formula is C14H23NO3. The summed E-state index contributed by atoms with van der Waals surface area (Å²) in [7, 11) is 0. The van der Waals surface area contributed by atoms with E-state index >= 15 is 0 Å². The van der Waals surface area contributed by atoms with Gasteiger partial charge in [0, 0.05) is 12.6 Å². The fourth-order valence-corrected chi connectivity index (χ4v) is 4.16. The summed E-state index contributed by atoms with van der Waals surface area (Å²) in [5.41, 5.74) is 0.121. The first-order chi connectivity index (χ1) is 8.71. The Hall–Kier alpha value is -0.610. The zero-order chi connectivity index (χ0) is 12.6. The number of carbonyl (C=O) groups is 1. The van der Waals surface area contributed by atoms with E-state index in [-0.39, 0.29) is 11.5 Å². The van der Waals surface area contributed by atoms with Crippen molar-refractivity contribution in [2.75, 3.05) is 19.7 Å². The molecule has 1 aliphatic carbocycles. The monoisotopic (exact) mass is 253 g/mol. The van der Waals surface area contributed by atoms with Crippen LogP contribution in [0, 0.1) is 5.92 Å². The van der Waals surface area contributed by atoms with E-state index < -0.39 is 5.97 Å². The molecule has 0 aromatic heterocycles. The van der Waals surface area contributed by atoms with Gasteiger partial charge in [0.2, 0.25) is 0 Å². The molecule has 1 saturated carbocycles. The molecule has 1 N–H and O–H groups in total. The van der Waals surface area contributed by atoms with E-state index in [4.69, 9.17) is 9.84 Å². The van der Waals surface area contributed by atoms with E-state index in [0.717, 1.165) is 39.0 Å². The summed E-state index contributed by atoms with van der Waals surface area (Å²) in [5.74, 6) is -0.740. The number of ether oxygens (including phenoxy) is 1. The highest BCUT2D eigenvalue weighted by atomic mass is 16.5. The average molecular weight is 253 g/mol. The number of piperidine rings is 1. The molecule has 0 aromatic rings. The molecule has 1 spiro atoms. The predicted molar refractivity (Wildman–Crippen MR) is 67.5 cm³/mol. The SMILES string of the molecule is O=C(O)C1CCN(C2CCOC23CCCC3)CC1. The van der Waals surface area contributed by atoms with Crippen LogP contribution in [-0.4, -0.2) is 47.3 Å². The molecule has 3 fully saturated rings. The topological polar surface area (TPSA) is 49.8 Å². The van der Waals surface area contributed by atoms with Crippen molar-refractivity contribution in [2.45, 2.75) is 56.6 Å². The number of aliphatic carboxylic acids is 1. The quantitative estimate of drug-likeness (QED) is 0.816. The second kappa shape index (κ2) is 4.82. The molecule has 0 bridgehead atoms. The van der Waals surface area contributed by atoms with Crippen LogP contribution in [0.4, 0.5) is 0 Å². The molecule has 2 heterocycles. The number of rotatable bonds is 2. The van der Waals surface area contributed by atoms with Gasteiger partial charge in [0.25, 0.3) is 0 Å². The Morgan fingerprint density at radius 2 is 1.83 bits per heavy atom. The Labute approximate surface area is 108 Å². The van der Waals surface area contributed by atoms with Crippen molar-refractivity contribution in [1.29, 1.82) is 0 Å². The summed E-state index contributed by atoms with van der Waals surface area (Å²) in [6, 6.07) is 0.551. The third-order valence-corrected chi connectivity index (χ3v) is 5.16. The van der Waals surface area contributed by atoms with Crippen molar-refractivity contribution in [3.8, 4) is 0 Å². The number of hydrogen-bond donors (Lipinski definition) is 1. The summed E-state index contributed by atoms with van der Waals surface area (Å²) in [5, 5.41) is 9.05. The van der Waals surface area contributed by atoms with Gasteiger partial charge in [0.05, 0.1) is 11.5 Å². The van der Waals surface area contributed by atoms with Gasteiger partial charge in [-0.15, -0.1) is 0 Å². The lowest BCUT2D eigenvalue weighted by Gasteiger charge is -2.41. The van der Waals surface area contributed by atoms with E-state index in [1.54, 1.807) is 0 Å². The Morgan fingerprint density at radius 3 is 2.44 bits per heavy atom. The first-order valence-electron chi connectivity index (χ1n) is 7.32. The molecular weight excluding hydrogens is 230 g/mol. The van der Waals surface area contributed by atoms with Crippen LogP contribution in [0.15, 0.2) is 0 Å². The second-order valence-corrected chi connectivity index (χ2v) is 6.07. The fraction of sp³-hybridized carbons (Fsp3) is 0.929.